The highest BCUT2D eigenvalue weighted by molar-refractivity contribution is 7.23. The van der Waals surface area contributed by atoms with Crippen LogP contribution in [-0.4, -0.2) is 109 Å². The van der Waals surface area contributed by atoms with Gasteiger partial charge in [0, 0.05) is 63.4 Å². The lowest BCUT2D eigenvalue weighted by Gasteiger charge is -2.42. The zero-order valence-corrected chi connectivity index (χ0v) is 29.5. The van der Waals surface area contributed by atoms with Gasteiger partial charge in [0.2, 0.25) is 0 Å². The van der Waals surface area contributed by atoms with Crippen LogP contribution >= 0.6 is 11.3 Å². The minimum absolute atomic E-state index is 0.0748. The van der Waals surface area contributed by atoms with Crippen molar-refractivity contribution in [2.75, 3.05) is 70.8 Å². The molecule has 0 saturated carbocycles. The van der Waals surface area contributed by atoms with E-state index < -0.39 is 11.6 Å². The Morgan fingerprint density at radius 2 is 1.92 bits per heavy atom. The number of fused-ring (bicyclic) bond motifs is 7. The maximum Gasteiger partial charge on any atom is 0.319 e. The third kappa shape index (κ3) is 5.17. The Balaban J connectivity index is 1.22. The number of nitriles is 1. The van der Waals surface area contributed by atoms with E-state index >= 15 is 8.78 Å². The van der Waals surface area contributed by atoms with Crippen LogP contribution in [0, 0.1) is 23.0 Å². The van der Waals surface area contributed by atoms with E-state index in [2.05, 4.69) is 25.8 Å². The average Bonchev–Trinajstić information content (AvgIpc) is 3.95. The molecule has 1 aromatic carbocycles. The third-order valence-electron chi connectivity index (χ3n) is 11.8. The minimum Gasteiger partial charge on any atom is -0.461 e. The molecule has 4 aromatic rings. The van der Waals surface area contributed by atoms with Gasteiger partial charge in [-0.3, -0.25) is 14.8 Å². The fourth-order valence-electron chi connectivity index (χ4n) is 9.44. The molecule has 15 heteroatoms. The van der Waals surface area contributed by atoms with Crippen molar-refractivity contribution >= 4 is 43.1 Å². The van der Waals surface area contributed by atoms with Crippen LogP contribution in [0.3, 0.4) is 0 Å². The number of halogens is 2. The van der Waals surface area contributed by atoms with Gasteiger partial charge in [0.1, 0.15) is 29.0 Å². The summed E-state index contributed by atoms with van der Waals surface area (Å²) in [5.41, 5.74) is 7.78. The van der Waals surface area contributed by atoms with Crippen LogP contribution in [0.15, 0.2) is 6.20 Å². The number of hydrogen-bond donors (Lipinski definition) is 1. The molecule has 2 bridgehead atoms. The summed E-state index contributed by atoms with van der Waals surface area (Å²) in [6, 6.07) is 2.53. The van der Waals surface area contributed by atoms with Gasteiger partial charge in [0.15, 0.2) is 11.6 Å². The number of anilines is 2. The van der Waals surface area contributed by atoms with E-state index in [0.29, 0.717) is 30.0 Å². The molecule has 12 nitrogen and oxygen atoms in total. The molecular weight excluding hydrogens is 679 g/mol. The molecule has 0 spiro atoms. The molecule has 4 unspecified atom stereocenters. The number of thiophene rings is 1. The van der Waals surface area contributed by atoms with E-state index in [-0.39, 0.29) is 80.4 Å². The van der Waals surface area contributed by atoms with Crippen molar-refractivity contribution < 1.29 is 27.7 Å². The summed E-state index contributed by atoms with van der Waals surface area (Å²) in [5, 5.41) is 11.0. The van der Waals surface area contributed by atoms with E-state index in [1.165, 1.54) is 0 Å². The van der Waals surface area contributed by atoms with Crippen LogP contribution in [0.2, 0.25) is 0 Å². The summed E-state index contributed by atoms with van der Waals surface area (Å²) in [6.07, 6.45) is 6.04. The predicted molar refractivity (Wildman–Crippen MR) is 188 cm³/mol. The number of pyridine rings is 1. The number of likely N-dealkylation sites (tertiary alicyclic amines) is 1. The first kappa shape index (κ1) is 33.1. The number of nitrogens with two attached hydrogens (primary N) is 1. The van der Waals surface area contributed by atoms with Crippen molar-refractivity contribution in [1.82, 2.24) is 24.8 Å². The molecule has 8 heterocycles. The monoisotopic (exact) mass is 718 g/mol. The fourth-order valence-corrected chi connectivity index (χ4v) is 10.4. The molecule has 3 aromatic heterocycles. The number of methoxy groups -OCH3 is 2. The van der Waals surface area contributed by atoms with Crippen LogP contribution in [-0.2, 0) is 27.4 Å². The molecule has 268 valence electrons. The molecule has 0 radical (unpaired) electrons. The number of nitrogen functional groups attached to an aromatic ring is 1. The topological polar surface area (TPSA) is 135 Å². The van der Waals surface area contributed by atoms with E-state index in [0.717, 1.165) is 87.9 Å². The Hall–Kier alpha value is -3.78. The molecule has 0 aliphatic carbocycles. The minimum atomic E-state index is -0.635. The molecule has 5 aliphatic heterocycles. The Morgan fingerprint density at radius 3 is 2.69 bits per heavy atom. The second kappa shape index (κ2) is 12.7. The maximum absolute atomic E-state index is 17.6. The smallest absolute Gasteiger partial charge is 0.319 e. The lowest BCUT2D eigenvalue weighted by Crippen LogP contribution is -2.54. The molecule has 9 rings (SSSR count). The standard InChI is InChI=1S/C36H40F2N8O4S/c1-47-9-8-44-13-19-4-5-20(14-44)46(19)34-28-24-17-49-16-23(24)26(30-27-22(11-39)33(40)51-32(27)25(37)12-41-30)29(38)31(28)42-35(43-34)50-18-36-6-3-7-45(36)15-21(10-36)48-2/h12,19-21H,3-10,13-18,40H2,1-2H3. The highest BCUT2D eigenvalue weighted by Crippen LogP contribution is 2.48. The molecule has 4 atom stereocenters. The van der Waals surface area contributed by atoms with Crippen LogP contribution in [0.5, 0.6) is 6.01 Å². The zero-order chi connectivity index (χ0) is 35.0. The van der Waals surface area contributed by atoms with E-state index in [1.54, 1.807) is 14.2 Å². The normalized spacial score (nSPS) is 26.0. The van der Waals surface area contributed by atoms with Gasteiger partial charge in [-0.15, -0.1) is 11.3 Å². The summed E-state index contributed by atoms with van der Waals surface area (Å²) in [7, 11) is 3.47. The number of ether oxygens (including phenoxy) is 4. The Morgan fingerprint density at radius 1 is 1.12 bits per heavy atom. The van der Waals surface area contributed by atoms with Crippen molar-refractivity contribution in [1.29, 1.82) is 5.26 Å². The van der Waals surface area contributed by atoms with Gasteiger partial charge >= 0.3 is 6.01 Å². The molecule has 5 aliphatic rings. The first-order chi connectivity index (χ1) is 24.8. The van der Waals surface area contributed by atoms with Crippen LogP contribution in [0.1, 0.15) is 48.8 Å². The number of benzene rings is 1. The van der Waals surface area contributed by atoms with E-state index in [1.807, 2.05) is 0 Å². The summed E-state index contributed by atoms with van der Waals surface area (Å²) in [4.78, 5) is 21.6. The molecule has 4 saturated heterocycles. The Labute approximate surface area is 298 Å². The quantitative estimate of drug-likeness (QED) is 0.259. The SMILES string of the molecule is COCCN1CC2CCC(C1)N2c1nc(OCC23CCCN2CC(OC)C3)nc2c(F)c(-c3ncc(F)c4sc(N)c(C#N)c34)c3c(c12)COC3. The molecular formula is C36H40F2N8O4S. The number of piperazine rings is 1. The summed E-state index contributed by atoms with van der Waals surface area (Å²) < 4.78 is 56.5. The average molecular weight is 719 g/mol. The Bertz CT molecular complexity index is 2080. The molecule has 4 fully saturated rings. The second-order valence-corrected chi connectivity index (χ2v) is 15.5. The lowest BCUT2D eigenvalue weighted by molar-refractivity contribution is 0.0997. The van der Waals surface area contributed by atoms with Gasteiger partial charge in [-0.05, 0) is 49.8 Å². The van der Waals surface area contributed by atoms with Gasteiger partial charge < -0.3 is 29.6 Å². The van der Waals surface area contributed by atoms with Crippen molar-refractivity contribution in [3.8, 4) is 23.3 Å². The van der Waals surface area contributed by atoms with Crippen molar-refractivity contribution in [3.05, 3.63) is 34.5 Å². The summed E-state index contributed by atoms with van der Waals surface area (Å²) >= 11 is 0.954. The van der Waals surface area contributed by atoms with Crippen molar-refractivity contribution in [2.24, 2.45) is 0 Å². The third-order valence-corrected chi connectivity index (χ3v) is 12.8. The molecule has 0 amide bonds. The Kier molecular flexibility index (Phi) is 8.25. The second-order valence-electron chi connectivity index (χ2n) is 14.5. The summed E-state index contributed by atoms with van der Waals surface area (Å²) in [6.45, 7) is 5.70. The van der Waals surface area contributed by atoms with Gasteiger partial charge in [-0.2, -0.15) is 15.2 Å². The zero-order valence-electron chi connectivity index (χ0n) is 28.7. The first-order valence-electron chi connectivity index (χ1n) is 17.6. The lowest BCUT2D eigenvalue weighted by atomic mass is 9.93. The number of aromatic nitrogens is 3. The largest absolute Gasteiger partial charge is 0.461 e. The predicted octanol–water partition coefficient (Wildman–Crippen LogP) is 4.60. The van der Waals surface area contributed by atoms with Crippen LogP contribution < -0.4 is 15.4 Å². The number of rotatable bonds is 9. The van der Waals surface area contributed by atoms with E-state index in [4.69, 9.17) is 34.6 Å². The highest BCUT2D eigenvalue weighted by atomic mass is 32.1. The van der Waals surface area contributed by atoms with Gasteiger partial charge in [0.25, 0.3) is 0 Å². The molecule has 51 heavy (non-hydrogen) atoms. The summed E-state index contributed by atoms with van der Waals surface area (Å²) in [5.74, 6) is -0.606. The maximum atomic E-state index is 17.6. The first-order valence-corrected chi connectivity index (χ1v) is 18.5. The van der Waals surface area contributed by atoms with Gasteiger partial charge in [-0.1, -0.05) is 0 Å². The number of nitrogens with zero attached hydrogens (tertiary/aromatic N) is 7. The highest BCUT2D eigenvalue weighted by Gasteiger charge is 2.50. The fraction of sp³-hybridized carbons (Fsp3) is 0.556. The van der Waals surface area contributed by atoms with Crippen molar-refractivity contribution in [2.45, 2.75) is 69.0 Å². The molecule has 2 N–H and O–H groups in total. The van der Waals surface area contributed by atoms with Gasteiger partial charge in [0.05, 0.1) is 59.0 Å². The van der Waals surface area contributed by atoms with Crippen LogP contribution in [0.25, 0.3) is 32.2 Å². The van der Waals surface area contributed by atoms with Crippen molar-refractivity contribution in [3.63, 3.8) is 0 Å². The van der Waals surface area contributed by atoms with Crippen LogP contribution in [0.4, 0.5) is 19.6 Å². The van der Waals surface area contributed by atoms with Gasteiger partial charge in [-0.25, -0.2) is 8.78 Å². The number of hydrogen-bond acceptors (Lipinski definition) is 13. The van der Waals surface area contributed by atoms with E-state index in [9.17, 15) is 5.26 Å².